The van der Waals surface area contributed by atoms with E-state index in [0.717, 1.165) is 11.3 Å². The number of carbonyl (C=O) groups excluding carboxylic acids is 2. The van der Waals surface area contributed by atoms with Crippen LogP contribution in [0.2, 0.25) is 5.02 Å². The number of nitrogens with zero attached hydrogens (tertiary/aromatic N) is 1. The second-order valence-electron chi connectivity index (χ2n) is 6.46. The van der Waals surface area contributed by atoms with E-state index in [-0.39, 0.29) is 11.8 Å². The van der Waals surface area contributed by atoms with Crippen molar-refractivity contribution in [1.82, 2.24) is 5.32 Å². The summed E-state index contributed by atoms with van der Waals surface area (Å²) < 4.78 is 0. The predicted molar refractivity (Wildman–Crippen MR) is 102 cm³/mol. The van der Waals surface area contributed by atoms with Gasteiger partial charge in [-0.3, -0.25) is 9.59 Å². The number of hydrogen-bond acceptors (Lipinski definition) is 2. The van der Waals surface area contributed by atoms with E-state index in [0.29, 0.717) is 18.0 Å². The minimum absolute atomic E-state index is 0.251. The molecular weight excluding hydrogens is 336 g/mol. The van der Waals surface area contributed by atoms with E-state index < -0.39 is 5.41 Å². The average molecular weight is 359 g/mol. The Morgan fingerprint density at radius 3 is 2.40 bits per heavy atom. The normalized spacial score (nSPS) is 11.0. The lowest BCUT2D eigenvalue weighted by atomic mass is 9.90. The Bertz CT molecular complexity index is 744. The summed E-state index contributed by atoms with van der Waals surface area (Å²) in [4.78, 5) is 26.8. The van der Waals surface area contributed by atoms with Crippen LogP contribution in [0, 0.1) is 5.41 Å². The quantitative estimate of drug-likeness (QED) is 0.800. The van der Waals surface area contributed by atoms with Crippen molar-refractivity contribution in [2.75, 3.05) is 18.5 Å². The number of hydrogen-bond donors (Lipinski definition) is 1. The molecule has 0 heterocycles. The number of nitrogens with one attached hydrogen (secondary N) is 1. The van der Waals surface area contributed by atoms with Gasteiger partial charge in [-0.25, -0.2) is 0 Å². The van der Waals surface area contributed by atoms with Crippen molar-refractivity contribution in [2.24, 2.45) is 5.41 Å². The summed E-state index contributed by atoms with van der Waals surface area (Å²) >= 11 is 5.96. The maximum Gasteiger partial charge on any atom is 0.241 e. The molecule has 0 spiro atoms. The van der Waals surface area contributed by atoms with E-state index >= 15 is 0 Å². The molecule has 0 aliphatic carbocycles. The zero-order valence-electron chi connectivity index (χ0n) is 14.8. The molecule has 0 aromatic heterocycles. The van der Waals surface area contributed by atoms with Crippen LogP contribution in [0.3, 0.4) is 0 Å². The van der Waals surface area contributed by atoms with Crippen molar-refractivity contribution in [3.05, 3.63) is 65.2 Å². The van der Waals surface area contributed by atoms with Crippen LogP contribution in [0.15, 0.2) is 54.6 Å². The van der Waals surface area contributed by atoms with Gasteiger partial charge in [-0.05, 0) is 50.1 Å². The summed E-state index contributed by atoms with van der Waals surface area (Å²) in [6.07, 6.45) is 0.658. The van der Waals surface area contributed by atoms with E-state index in [4.69, 9.17) is 11.6 Å². The summed E-state index contributed by atoms with van der Waals surface area (Å²) in [5.74, 6) is -0.540. The third-order valence-corrected chi connectivity index (χ3v) is 4.37. The second kappa shape index (κ2) is 8.17. The monoisotopic (exact) mass is 358 g/mol. The van der Waals surface area contributed by atoms with Gasteiger partial charge in [-0.1, -0.05) is 41.9 Å². The third-order valence-electron chi connectivity index (χ3n) is 4.14. The fourth-order valence-electron chi connectivity index (χ4n) is 2.52. The molecule has 0 fully saturated rings. The summed E-state index contributed by atoms with van der Waals surface area (Å²) in [5.41, 5.74) is 0.643. The maximum atomic E-state index is 12.7. The van der Waals surface area contributed by atoms with Gasteiger partial charge >= 0.3 is 0 Å². The number of anilines is 1. The number of carbonyl (C=O) groups is 2. The second-order valence-corrected chi connectivity index (χ2v) is 6.90. The summed E-state index contributed by atoms with van der Waals surface area (Å²) in [7, 11) is 1.68. The highest BCUT2D eigenvalue weighted by Gasteiger charge is 2.38. The highest BCUT2D eigenvalue weighted by atomic mass is 35.5. The molecule has 5 heteroatoms. The van der Waals surface area contributed by atoms with Crippen LogP contribution in [-0.2, 0) is 16.0 Å². The lowest BCUT2D eigenvalue weighted by Gasteiger charge is -2.28. The molecule has 1 N–H and O–H groups in total. The number of benzene rings is 2. The van der Waals surface area contributed by atoms with Crippen LogP contribution < -0.4 is 10.2 Å². The van der Waals surface area contributed by atoms with Crippen LogP contribution in [-0.4, -0.2) is 25.4 Å². The lowest BCUT2D eigenvalue weighted by molar-refractivity contribution is -0.139. The number of amides is 2. The Morgan fingerprint density at radius 2 is 1.76 bits per heavy atom. The summed E-state index contributed by atoms with van der Waals surface area (Å²) in [6, 6.07) is 16.8. The SMILES string of the molecule is CN(C(=O)C(C)(C)C(=O)NCCc1cccc(Cl)c1)c1ccccc1. The molecule has 2 aromatic carbocycles. The minimum Gasteiger partial charge on any atom is -0.355 e. The van der Waals surface area contributed by atoms with E-state index in [1.165, 1.54) is 4.90 Å². The molecule has 0 bridgehead atoms. The largest absolute Gasteiger partial charge is 0.355 e. The van der Waals surface area contributed by atoms with Gasteiger partial charge in [0.1, 0.15) is 5.41 Å². The maximum absolute atomic E-state index is 12.7. The average Bonchev–Trinajstić information content (AvgIpc) is 2.61. The van der Waals surface area contributed by atoms with Gasteiger partial charge in [0.05, 0.1) is 0 Å². The highest BCUT2D eigenvalue weighted by Crippen LogP contribution is 2.23. The lowest BCUT2D eigenvalue weighted by Crippen LogP contribution is -2.49. The van der Waals surface area contributed by atoms with Gasteiger partial charge in [0.2, 0.25) is 11.8 Å². The molecule has 0 unspecified atom stereocenters. The van der Waals surface area contributed by atoms with Crippen LogP contribution >= 0.6 is 11.6 Å². The number of rotatable bonds is 6. The van der Waals surface area contributed by atoms with Crippen molar-refractivity contribution in [2.45, 2.75) is 20.3 Å². The standard InChI is InChI=1S/C20H23ClN2O2/c1-20(2,19(25)23(3)17-10-5-4-6-11-17)18(24)22-13-12-15-8-7-9-16(21)14-15/h4-11,14H,12-13H2,1-3H3,(H,22,24). The van der Waals surface area contributed by atoms with Gasteiger partial charge in [0.25, 0.3) is 0 Å². The van der Waals surface area contributed by atoms with Crippen molar-refractivity contribution in [3.63, 3.8) is 0 Å². The number of para-hydroxylation sites is 1. The molecule has 0 saturated carbocycles. The predicted octanol–water partition coefficient (Wildman–Crippen LogP) is 3.69. The van der Waals surface area contributed by atoms with E-state index in [1.807, 2.05) is 54.6 Å². The fraction of sp³-hybridized carbons (Fsp3) is 0.300. The zero-order chi connectivity index (χ0) is 18.4. The first-order valence-electron chi connectivity index (χ1n) is 8.18. The Hall–Kier alpha value is -2.33. The van der Waals surface area contributed by atoms with Crippen LogP contribution in [0.1, 0.15) is 19.4 Å². The Balaban J connectivity index is 1.95. The van der Waals surface area contributed by atoms with E-state index in [9.17, 15) is 9.59 Å². The first-order valence-corrected chi connectivity index (χ1v) is 8.56. The molecule has 2 amide bonds. The van der Waals surface area contributed by atoms with Gasteiger partial charge < -0.3 is 10.2 Å². The molecule has 0 radical (unpaired) electrons. The Kier molecular flexibility index (Phi) is 6.21. The van der Waals surface area contributed by atoms with Gasteiger partial charge in [-0.15, -0.1) is 0 Å². The third kappa shape index (κ3) is 4.83. The number of halogens is 1. The molecule has 0 saturated heterocycles. The molecule has 2 aromatic rings. The fourth-order valence-corrected chi connectivity index (χ4v) is 2.73. The minimum atomic E-state index is -1.15. The molecular formula is C20H23ClN2O2. The molecule has 25 heavy (non-hydrogen) atoms. The van der Waals surface area contributed by atoms with Crippen molar-refractivity contribution in [1.29, 1.82) is 0 Å². The smallest absolute Gasteiger partial charge is 0.241 e. The van der Waals surface area contributed by atoms with E-state index in [2.05, 4.69) is 5.32 Å². The highest BCUT2D eigenvalue weighted by molar-refractivity contribution is 6.30. The van der Waals surface area contributed by atoms with Crippen LogP contribution in [0.5, 0.6) is 0 Å². The Labute approximate surface area is 153 Å². The van der Waals surface area contributed by atoms with Crippen molar-refractivity contribution < 1.29 is 9.59 Å². The van der Waals surface area contributed by atoms with E-state index in [1.54, 1.807) is 20.9 Å². The van der Waals surface area contributed by atoms with Crippen molar-refractivity contribution >= 4 is 29.1 Å². The molecule has 2 rings (SSSR count). The van der Waals surface area contributed by atoms with Gasteiger partial charge in [0.15, 0.2) is 0 Å². The van der Waals surface area contributed by atoms with Crippen molar-refractivity contribution in [3.8, 4) is 0 Å². The van der Waals surface area contributed by atoms with Gasteiger partial charge in [0, 0.05) is 24.3 Å². The molecule has 132 valence electrons. The molecule has 0 atom stereocenters. The van der Waals surface area contributed by atoms with Crippen LogP contribution in [0.4, 0.5) is 5.69 Å². The van der Waals surface area contributed by atoms with Crippen LogP contribution in [0.25, 0.3) is 0 Å². The summed E-state index contributed by atoms with van der Waals surface area (Å²) in [6.45, 7) is 3.73. The molecule has 4 nitrogen and oxygen atoms in total. The molecule has 0 aliphatic rings. The summed E-state index contributed by atoms with van der Waals surface area (Å²) in [5, 5.41) is 3.52. The first-order chi connectivity index (χ1) is 11.8. The zero-order valence-corrected chi connectivity index (χ0v) is 15.5. The topological polar surface area (TPSA) is 49.4 Å². The molecule has 0 aliphatic heterocycles. The first kappa shape index (κ1) is 19.0. The van der Waals surface area contributed by atoms with Gasteiger partial charge in [-0.2, -0.15) is 0 Å². The Morgan fingerprint density at radius 1 is 1.08 bits per heavy atom.